The number of para-hydroxylation sites is 1. The van der Waals surface area contributed by atoms with Gasteiger partial charge in [0, 0.05) is 23.5 Å². The number of aromatic nitrogens is 2. The van der Waals surface area contributed by atoms with E-state index in [9.17, 15) is 4.79 Å². The zero-order valence-electron chi connectivity index (χ0n) is 11.3. The summed E-state index contributed by atoms with van der Waals surface area (Å²) in [6.45, 7) is 0. The van der Waals surface area contributed by atoms with E-state index in [4.69, 9.17) is 0 Å². The predicted molar refractivity (Wildman–Crippen MR) is 87.2 cm³/mol. The summed E-state index contributed by atoms with van der Waals surface area (Å²) in [5, 5.41) is 4.02. The number of benzene rings is 1. The molecule has 4 nitrogen and oxygen atoms in total. The standard InChI is InChI=1S/C16H14BrN3O/c17-15-7-6-12(10-19-15)20-16(21)8-5-11-9-18-14-4-2-1-3-13(11)14/h1-4,6-7,9-10,18H,5,8H2,(H,20,21). The summed E-state index contributed by atoms with van der Waals surface area (Å²) in [6.07, 6.45) is 4.75. The van der Waals surface area contributed by atoms with Crippen LogP contribution in [0.25, 0.3) is 10.9 Å². The minimum atomic E-state index is -0.00981. The lowest BCUT2D eigenvalue weighted by Crippen LogP contribution is -2.12. The largest absolute Gasteiger partial charge is 0.361 e. The third kappa shape index (κ3) is 3.31. The average molecular weight is 344 g/mol. The second kappa shape index (κ2) is 6.10. The second-order valence-electron chi connectivity index (χ2n) is 4.78. The van der Waals surface area contributed by atoms with Crippen LogP contribution in [0.4, 0.5) is 5.69 Å². The van der Waals surface area contributed by atoms with Crippen LogP contribution in [0.2, 0.25) is 0 Å². The maximum Gasteiger partial charge on any atom is 0.224 e. The lowest BCUT2D eigenvalue weighted by atomic mass is 10.1. The number of anilines is 1. The first-order chi connectivity index (χ1) is 10.2. The maximum atomic E-state index is 12.0. The Labute approximate surface area is 130 Å². The fraction of sp³-hybridized carbons (Fsp3) is 0.125. The number of H-pyrrole nitrogens is 1. The molecule has 0 saturated carbocycles. The zero-order valence-corrected chi connectivity index (χ0v) is 12.9. The molecule has 0 bridgehead atoms. The van der Waals surface area contributed by atoms with Crippen LogP contribution in [0, 0.1) is 0 Å². The third-order valence-electron chi connectivity index (χ3n) is 3.31. The Hall–Kier alpha value is -2.14. The Morgan fingerprint density at radius 3 is 2.90 bits per heavy atom. The molecular weight excluding hydrogens is 330 g/mol. The number of hydrogen-bond acceptors (Lipinski definition) is 2. The monoisotopic (exact) mass is 343 g/mol. The lowest BCUT2D eigenvalue weighted by molar-refractivity contribution is -0.116. The molecule has 1 amide bonds. The van der Waals surface area contributed by atoms with E-state index in [1.165, 1.54) is 5.39 Å². The molecule has 1 aromatic carbocycles. The third-order valence-corrected chi connectivity index (χ3v) is 3.78. The van der Waals surface area contributed by atoms with Crippen molar-refractivity contribution in [2.45, 2.75) is 12.8 Å². The molecule has 0 radical (unpaired) electrons. The van der Waals surface area contributed by atoms with Gasteiger partial charge in [-0.15, -0.1) is 0 Å². The van der Waals surface area contributed by atoms with Gasteiger partial charge in [0.05, 0.1) is 11.9 Å². The molecular formula is C16H14BrN3O. The van der Waals surface area contributed by atoms with E-state index in [0.717, 1.165) is 15.7 Å². The minimum absolute atomic E-state index is 0.00981. The molecule has 0 atom stereocenters. The fourth-order valence-corrected chi connectivity index (χ4v) is 2.49. The molecule has 0 saturated heterocycles. The highest BCUT2D eigenvalue weighted by molar-refractivity contribution is 9.10. The fourth-order valence-electron chi connectivity index (χ4n) is 2.26. The van der Waals surface area contributed by atoms with E-state index in [1.54, 1.807) is 12.3 Å². The van der Waals surface area contributed by atoms with Gasteiger partial charge in [-0.2, -0.15) is 0 Å². The smallest absolute Gasteiger partial charge is 0.224 e. The molecule has 0 fully saturated rings. The van der Waals surface area contributed by atoms with Gasteiger partial charge in [-0.1, -0.05) is 18.2 Å². The van der Waals surface area contributed by atoms with Gasteiger partial charge in [0.2, 0.25) is 5.91 Å². The van der Waals surface area contributed by atoms with Crippen molar-refractivity contribution in [3.05, 3.63) is 59.0 Å². The van der Waals surface area contributed by atoms with Crippen LogP contribution in [0.15, 0.2) is 53.4 Å². The molecule has 2 heterocycles. The van der Waals surface area contributed by atoms with Crippen LogP contribution >= 0.6 is 15.9 Å². The predicted octanol–water partition coefficient (Wildman–Crippen LogP) is 3.90. The van der Waals surface area contributed by atoms with Gasteiger partial charge in [0.1, 0.15) is 4.60 Å². The van der Waals surface area contributed by atoms with E-state index in [1.807, 2.05) is 30.5 Å². The maximum absolute atomic E-state index is 12.0. The number of carbonyl (C=O) groups is 1. The van der Waals surface area contributed by atoms with Gasteiger partial charge < -0.3 is 10.3 Å². The number of amides is 1. The van der Waals surface area contributed by atoms with Crippen molar-refractivity contribution in [2.75, 3.05) is 5.32 Å². The zero-order chi connectivity index (χ0) is 14.7. The summed E-state index contributed by atoms with van der Waals surface area (Å²) in [5.74, 6) is -0.00981. The molecule has 106 valence electrons. The van der Waals surface area contributed by atoms with Crippen LogP contribution < -0.4 is 5.32 Å². The molecule has 2 N–H and O–H groups in total. The van der Waals surface area contributed by atoms with Gasteiger partial charge in [0.15, 0.2) is 0 Å². The van der Waals surface area contributed by atoms with E-state index in [-0.39, 0.29) is 5.91 Å². The number of aryl methyl sites for hydroxylation is 1. The number of hydrogen-bond donors (Lipinski definition) is 2. The number of fused-ring (bicyclic) bond motifs is 1. The summed E-state index contributed by atoms with van der Waals surface area (Å²) in [4.78, 5) is 19.3. The highest BCUT2D eigenvalue weighted by atomic mass is 79.9. The molecule has 0 aliphatic heterocycles. The Balaban J connectivity index is 1.62. The highest BCUT2D eigenvalue weighted by Crippen LogP contribution is 2.19. The molecule has 21 heavy (non-hydrogen) atoms. The van der Waals surface area contributed by atoms with Crippen molar-refractivity contribution < 1.29 is 4.79 Å². The van der Waals surface area contributed by atoms with Crippen molar-refractivity contribution >= 4 is 38.4 Å². The van der Waals surface area contributed by atoms with Gasteiger partial charge in [-0.05, 0) is 46.1 Å². The molecule has 3 aromatic rings. The molecule has 0 aliphatic carbocycles. The quantitative estimate of drug-likeness (QED) is 0.706. The van der Waals surface area contributed by atoms with E-state index < -0.39 is 0 Å². The van der Waals surface area contributed by atoms with E-state index >= 15 is 0 Å². The molecule has 3 rings (SSSR count). The van der Waals surface area contributed by atoms with Crippen molar-refractivity contribution in [1.82, 2.24) is 9.97 Å². The lowest BCUT2D eigenvalue weighted by Gasteiger charge is -2.04. The minimum Gasteiger partial charge on any atom is -0.361 e. The van der Waals surface area contributed by atoms with Gasteiger partial charge in [-0.3, -0.25) is 4.79 Å². The first-order valence-corrected chi connectivity index (χ1v) is 7.48. The van der Waals surface area contributed by atoms with E-state index in [0.29, 0.717) is 18.5 Å². The summed E-state index contributed by atoms with van der Waals surface area (Å²) in [5.41, 5.74) is 2.97. The molecule has 2 aromatic heterocycles. The SMILES string of the molecule is O=C(CCc1c[nH]c2ccccc12)Nc1ccc(Br)nc1. The summed E-state index contributed by atoms with van der Waals surface area (Å²) < 4.78 is 0.749. The van der Waals surface area contributed by atoms with Gasteiger partial charge in [0.25, 0.3) is 0 Å². The number of rotatable bonds is 4. The summed E-state index contributed by atoms with van der Waals surface area (Å²) in [7, 11) is 0. The van der Waals surface area contributed by atoms with Crippen molar-refractivity contribution in [2.24, 2.45) is 0 Å². The van der Waals surface area contributed by atoms with Crippen LogP contribution in [0.5, 0.6) is 0 Å². The summed E-state index contributed by atoms with van der Waals surface area (Å²) >= 11 is 3.26. The number of nitrogens with one attached hydrogen (secondary N) is 2. The Morgan fingerprint density at radius 2 is 2.10 bits per heavy atom. The van der Waals surface area contributed by atoms with Crippen molar-refractivity contribution in [3.8, 4) is 0 Å². The van der Waals surface area contributed by atoms with Gasteiger partial charge >= 0.3 is 0 Å². The Kier molecular flexibility index (Phi) is 4.01. The van der Waals surface area contributed by atoms with E-state index in [2.05, 4.69) is 37.3 Å². The van der Waals surface area contributed by atoms with Crippen LogP contribution in [0.3, 0.4) is 0 Å². The summed E-state index contributed by atoms with van der Waals surface area (Å²) in [6, 6.07) is 11.7. The molecule has 0 aliphatic rings. The van der Waals surface area contributed by atoms with Crippen molar-refractivity contribution in [3.63, 3.8) is 0 Å². The average Bonchev–Trinajstić information content (AvgIpc) is 2.91. The topological polar surface area (TPSA) is 57.8 Å². The number of pyridine rings is 1. The highest BCUT2D eigenvalue weighted by Gasteiger charge is 2.07. The first kappa shape index (κ1) is 13.8. The normalized spacial score (nSPS) is 10.7. The molecule has 5 heteroatoms. The van der Waals surface area contributed by atoms with Gasteiger partial charge in [-0.25, -0.2) is 4.98 Å². The Bertz CT molecular complexity index is 765. The van der Waals surface area contributed by atoms with Crippen LogP contribution in [-0.4, -0.2) is 15.9 Å². The van der Waals surface area contributed by atoms with Crippen LogP contribution in [-0.2, 0) is 11.2 Å². The van der Waals surface area contributed by atoms with Crippen molar-refractivity contribution in [1.29, 1.82) is 0 Å². The second-order valence-corrected chi connectivity index (χ2v) is 5.59. The number of halogens is 1. The Morgan fingerprint density at radius 1 is 1.24 bits per heavy atom. The number of aromatic amines is 1. The molecule has 0 spiro atoms. The number of nitrogens with zero attached hydrogens (tertiary/aromatic N) is 1. The molecule has 0 unspecified atom stereocenters. The van der Waals surface area contributed by atoms with Crippen LogP contribution in [0.1, 0.15) is 12.0 Å². The first-order valence-electron chi connectivity index (χ1n) is 6.69. The number of carbonyl (C=O) groups excluding carboxylic acids is 1.